The van der Waals surface area contributed by atoms with Gasteiger partial charge in [0.15, 0.2) is 0 Å². The lowest BCUT2D eigenvalue weighted by molar-refractivity contribution is 0.0195. The van der Waals surface area contributed by atoms with Crippen molar-refractivity contribution in [3.05, 3.63) is 76.3 Å². The fraction of sp³-hybridized carbons (Fsp3) is 0.263. The molecule has 24 heavy (non-hydrogen) atoms. The van der Waals surface area contributed by atoms with Crippen LogP contribution in [0, 0.1) is 6.92 Å². The zero-order chi connectivity index (χ0) is 16.9. The highest BCUT2D eigenvalue weighted by atomic mass is 16.5. The van der Waals surface area contributed by atoms with E-state index in [0.717, 1.165) is 5.56 Å². The molecule has 2 aromatic carbocycles. The number of rotatable bonds is 6. The smallest absolute Gasteiger partial charge is 0.261 e. The Bertz CT molecular complexity index is 875. The van der Waals surface area contributed by atoms with E-state index in [0.29, 0.717) is 23.3 Å². The van der Waals surface area contributed by atoms with Crippen molar-refractivity contribution in [3.63, 3.8) is 0 Å². The van der Waals surface area contributed by atoms with Gasteiger partial charge in [-0.2, -0.15) is 0 Å². The summed E-state index contributed by atoms with van der Waals surface area (Å²) in [6, 6.07) is 17.0. The van der Waals surface area contributed by atoms with Gasteiger partial charge in [0.25, 0.3) is 5.56 Å². The number of ether oxygens (including phenoxy) is 1. The van der Waals surface area contributed by atoms with Crippen molar-refractivity contribution in [2.75, 3.05) is 6.61 Å². The van der Waals surface area contributed by atoms with E-state index < -0.39 is 6.10 Å². The Kier molecular flexibility index (Phi) is 5.03. The third-order valence-corrected chi connectivity index (χ3v) is 3.87. The van der Waals surface area contributed by atoms with Crippen molar-refractivity contribution in [2.45, 2.75) is 26.2 Å². The van der Waals surface area contributed by atoms with Crippen LogP contribution >= 0.6 is 0 Å². The summed E-state index contributed by atoms with van der Waals surface area (Å²) in [4.78, 5) is 17.0. The third-order valence-electron chi connectivity index (χ3n) is 3.87. The van der Waals surface area contributed by atoms with E-state index in [4.69, 9.17) is 4.74 Å². The molecule has 5 heteroatoms. The number of fused-ring (bicyclic) bond motifs is 1. The van der Waals surface area contributed by atoms with E-state index in [2.05, 4.69) is 4.98 Å². The zero-order valence-corrected chi connectivity index (χ0v) is 13.6. The van der Waals surface area contributed by atoms with Crippen LogP contribution in [0.3, 0.4) is 0 Å². The Labute approximate surface area is 140 Å². The van der Waals surface area contributed by atoms with Gasteiger partial charge in [-0.25, -0.2) is 4.98 Å². The molecule has 0 spiro atoms. The lowest BCUT2D eigenvalue weighted by atomic mass is 10.2. The van der Waals surface area contributed by atoms with Crippen LogP contribution in [0.2, 0.25) is 0 Å². The van der Waals surface area contributed by atoms with Gasteiger partial charge in [-0.1, -0.05) is 42.5 Å². The van der Waals surface area contributed by atoms with Crippen molar-refractivity contribution in [3.8, 4) is 0 Å². The second-order valence-corrected chi connectivity index (χ2v) is 5.75. The van der Waals surface area contributed by atoms with E-state index in [9.17, 15) is 9.90 Å². The summed E-state index contributed by atoms with van der Waals surface area (Å²) in [6.45, 7) is 2.53. The Morgan fingerprint density at radius 3 is 2.62 bits per heavy atom. The molecule has 3 rings (SSSR count). The van der Waals surface area contributed by atoms with Gasteiger partial charge in [-0.05, 0) is 24.6 Å². The van der Waals surface area contributed by atoms with Crippen LogP contribution in [0.5, 0.6) is 0 Å². The molecule has 0 bridgehead atoms. The van der Waals surface area contributed by atoms with E-state index in [-0.39, 0.29) is 18.7 Å². The predicted molar refractivity (Wildman–Crippen MR) is 92.8 cm³/mol. The van der Waals surface area contributed by atoms with Gasteiger partial charge in [0.1, 0.15) is 5.82 Å². The number of aliphatic hydroxyl groups excluding tert-OH is 1. The quantitative estimate of drug-likeness (QED) is 0.755. The van der Waals surface area contributed by atoms with Crippen LogP contribution in [0.25, 0.3) is 10.9 Å². The highest BCUT2D eigenvalue weighted by molar-refractivity contribution is 5.77. The van der Waals surface area contributed by atoms with Crippen molar-refractivity contribution < 1.29 is 9.84 Å². The maximum Gasteiger partial charge on any atom is 0.261 e. The molecule has 1 atom stereocenters. The molecule has 5 nitrogen and oxygen atoms in total. The average molecular weight is 324 g/mol. The Balaban J connectivity index is 1.67. The van der Waals surface area contributed by atoms with Gasteiger partial charge in [-0.3, -0.25) is 9.36 Å². The fourth-order valence-electron chi connectivity index (χ4n) is 2.64. The van der Waals surface area contributed by atoms with E-state index in [1.54, 1.807) is 13.0 Å². The molecule has 3 aromatic rings. The molecule has 0 aliphatic carbocycles. The molecular formula is C19H20N2O3. The third kappa shape index (κ3) is 3.69. The number of aromatic nitrogens is 2. The van der Waals surface area contributed by atoms with Crippen molar-refractivity contribution >= 4 is 10.9 Å². The van der Waals surface area contributed by atoms with Crippen LogP contribution in [0.15, 0.2) is 59.4 Å². The van der Waals surface area contributed by atoms with Gasteiger partial charge < -0.3 is 9.84 Å². The van der Waals surface area contributed by atoms with Gasteiger partial charge in [0.05, 0.1) is 36.8 Å². The monoisotopic (exact) mass is 324 g/mol. The lowest BCUT2D eigenvalue weighted by Crippen LogP contribution is -2.31. The van der Waals surface area contributed by atoms with Crippen molar-refractivity contribution in [1.29, 1.82) is 0 Å². The summed E-state index contributed by atoms with van der Waals surface area (Å²) in [5.74, 6) is 0.584. The number of benzene rings is 2. The zero-order valence-electron chi connectivity index (χ0n) is 13.6. The van der Waals surface area contributed by atoms with Crippen molar-refractivity contribution in [1.82, 2.24) is 9.55 Å². The summed E-state index contributed by atoms with van der Waals surface area (Å²) in [5.41, 5.74) is 1.58. The summed E-state index contributed by atoms with van der Waals surface area (Å²) >= 11 is 0. The normalized spacial score (nSPS) is 12.4. The molecule has 1 heterocycles. The summed E-state index contributed by atoms with van der Waals surface area (Å²) < 4.78 is 7.03. The highest BCUT2D eigenvalue weighted by Crippen LogP contribution is 2.08. The van der Waals surface area contributed by atoms with E-state index in [1.807, 2.05) is 48.5 Å². The van der Waals surface area contributed by atoms with Crippen LogP contribution in [-0.2, 0) is 17.9 Å². The fourth-order valence-corrected chi connectivity index (χ4v) is 2.64. The molecule has 0 saturated heterocycles. The highest BCUT2D eigenvalue weighted by Gasteiger charge is 2.12. The largest absolute Gasteiger partial charge is 0.389 e. The minimum absolute atomic E-state index is 0.139. The Morgan fingerprint density at radius 2 is 1.83 bits per heavy atom. The minimum atomic E-state index is -0.770. The second kappa shape index (κ2) is 7.38. The van der Waals surface area contributed by atoms with Crippen LogP contribution in [-0.4, -0.2) is 27.4 Å². The molecule has 1 aromatic heterocycles. The van der Waals surface area contributed by atoms with Gasteiger partial charge in [-0.15, -0.1) is 0 Å². The first-order chi connectivity index (χ1) is 11.6. The summed E-state index contributed by atoms with van der Waals surface area (Å²) in [7, 11) is 0. The SMILES string of the molecule is Cc1nc2ccccc2c(=O)n1C[C@H](O)COCc1ccccc1. The van der Waals surface area contributed by atoms with E-state index >= 15 is 0 Å². The first kappa shape index (κ1) is 16.4. The van der Waals surface area contributed by atoms with Crippen LogP contribution in [0.4, 0.5) is 0 Å². The molecule has 0 fully saturated rings. The topological polar surface area (TPSA) is 64.4 Å². The van der Waals surface area contributed by atoms with Gasteiger partial charge in [0, 0.05) is 0 Å². The molecule has 124 valence electrons. The second-order valence-electron chi connectivity index (χ2n) is 5.75. The number of aliphatic hydroxyl groups is 1. The van der Waals surface area contributed by atoms with Gasteiger partial charge in [0.2, 0.25) is 0 Å². The maximum atomic E-state index is 12.6. The number of para-hydroxylation sites is 1. The predicted octanol–water partition coefficient (Wildman–Crippen LogP) is 2.28. The first-order valence-electron chi connectivity index (χ1n) is 7.91. The summed E-state index contributed by atoms with van der Waals surface area (Å²) in [6.07, 6.45) is -0.770. The number of hydrogen-bond donors (Lipinski definition) is 1. The minimum Gasteiger partial charge on any atom is -0.389 e. The number of hydrogen-bond acceptors (Lipinski definition) is 4. The first-order valence-corrected chi connectivity index (χ1v) is 7.91. The molecule has 1 N–H and O–H groups in total. The molecule has 0 amide bonds. The standard InChI is InChI=1S/C19H20N2O3/c1-14-20-18-10-6-5-9-17(18)19(23)21(14)11-16(22)13-24-12-15-7-3-2-4-8-15/h2-10,16,22H,11-13H2,1H3/t16-/m0/s1. The van der Waals surface area contributed by atoms with Crippen molar-refractivity contribution in [2.24, 2.45) is 0 Å². The van der Waals surface area contributed by atoms with Crippen LogP contribution in [0.1, 0.15) is 11.4 Å². The maximum absolute atomic E-state index is 12.6. The molecule has 0 aliphatic heterocycles. The van der Waals surface area contributed by atoms with E-state index in [1.165, 1.54) is 4.57 Å². The average Bonchev–Trinajstić information content (AvgIpc) is 2.59. The molecule has 0 radical (unpaired) electrons. The Morgan fingerprint density at radius 1 is 1.12 bits per heavy atom. The van der Waals surface area contributed by atoms with Crippen LogP contribution < -0.4 is 5.56 Å². The lowest BCUT2D eigenvalue weighted by Gasteiger charge is -2.15. The summed E-state index contributed by atoms with van der Waals surface area (Å²) in [5, 5.41) is 10.7. The number of aryl methyl sites for hydroxylation is 1. The molecule has 0 aliphatic rings. The molecular weight excluding hydrogens is 304 g/mol. The molecule has 0 saturated carbocycles. The number of nitrogens with zero attached hydrogens (tertiary/aromatic N) is 2. The Hall–Kier alpha value is -2.50. The molecule has 0 unspecified atom stereocenters. The van der Waals surface area contributed by atoms with Gasteiger partial charge >= 0.3 is 0 Å².